The summed E-state index contributed by atoms with van der Waals surface area (Å²) in [5, 5.41) is 3.83. The summed E-state index contributed by atoms with van der Waals surface area (Å²) < 4.78 is 16.7. The molecule has 2 aromatic carbocycles. The lowest BCUT2D eigenvalue weighted by Crippen LogP contribution is -2.47. The van der Waals surface area contributed by atoms with Crippen molar-refractivity contribution >= 4 is 34.0 Å². The Kier molecular flexibility index (Phi) is 6.23. The van der Waals surface area contributed by atoms with Crippen LogP contribution in [0.15, 0.2) is 30.3 Å². The van der Waals surface area contributed by atoms with Gasteiger partial charge in [0, 0.05) is 56.2 Å². The molecule has 0 unspecified atom stereocenters. The van der Waals surface area contributed by atoms with Crippen LogP contribution in [0.3, 0.4) is 0 Å². The van der Waals surface area contributed by atoms with Crippen molar-refractivity contribution < 1.29 is 19.0 Å². The quantitative estimate of drug-likeness (QED) is 0.550. The number of methoxy groups -OCH3 is 3. The summed E-state index contributed by atoms with van der Waals surface area (Å²) in [6.45, 7) is 4.67. The fourth-order valence-electron chi connectivity index (χ4n) is 4.60. The number of rotatable bonds is 7. The predicted molar refractivity (Wildman–Crippen MR) is 136 cm³/mol. The topological polar surface area (TPSA) is 89.1 Å². The Labute approximate surface area is 205 Å². The Bertz CT molecular complexity index is 1250. The molecule has 0 atom stereocenters. The van der Waals surface area contributed by atoms with E-state index in [2.05, 4.69) is 15.1 Å². The average Bonchev–Trinajstić information content (AvgIpc) is 3.72. The van der Waals surface area contributed by atoms with E-state index in [1.54, 1.807) is 21.3 Å². The van der Waals surface area contributed by atoms with Gasteiger partial charge in [-0.05, 0) is 37.1 Å². The molecule has 2 heterocycles. The van der Waals surface area contributed by atoms with E-state index < -0.39 is 0 Å². The monoisotopic (exact) mass is 477 g/mol. The number of carbonyl (C=O) groups excluding carboxylic acids is 1. The Balaban J connectivity index is 1.45. The molecule has 2 aliphatic rings. The van der Waals surface area contributed by atoms with Gasteiger partial charge in [0.15, 0.2) is 11.5 Å². The van der Waals surface area contributed by atoms with E-state index in [9.17, 15) is 4.79 Å². The van der Waals surface area contributed by atoms with Crippen LogP contribution < -0.4 is 29.3 Å². The number of aromatic nitrogens is 2. The van der Waals surface area contributed by atoms with Crippen molar-refractivity contribution in [1.29, 1.82) is 0 Å². The number of nitrogens with one attached hydrogen (secondary N) is 1. The number of carbonyl (C=O) groups is 1. The van der Waals surface area contributed by atoms with Gasteiger partial charge >= 0.3 is 0 Å². The van der Waals surface area contributed by atoms with Crippen LogP contribution in [0.1, 0.15) is 31.5 Å². The van der Waals surface area contributed by atoms with E-state index in [-0.39, 0.29) is 5.91 Å². The molecule has 1 saturated carbocycles. The molecule has 0 bridgehead atoms. The molecule has 1 N–H and O–H groups in total. The number of nitrogens with zero attached hydrogens (tertiary/aromatic N) is 4. The van der Waals surface area contributed by atoms with Crippen molar-refractivity contribution in [3.63, 3.8) is 0 Å². The SMILES string of the molecule is COc1cc2nc(C3CC3)nc(N3CCN(c4cc(NC(C)=O)ccc4OC)CC3)c2cc1OC. The van der Waals surface area contributed by atoms with E-state index in [1.807, 2.05) is 30.3 Å². The molecule has 9 heteroatoms. The molecule has 1 saturated heterocycles. The van der Waals surface area contributed by atoms with Gasteiger partial charge in [0.25, 0.3) is 0 Å². The fraction of sp³-hybridized carbons (Fsp3) is 0.423. The van der Waals surface area contributed by atoms with Crippen LogP contribution in [0.2, 0.25) is 0 Å². The Morgan fingerprint density at radius 3 is 2.17 bits per heavy atom. The van der Waals surface area contributed by atoms with Crippen LogP contribution in [-0.4, -0.2) is 63.4 Å². The molecule has 1 amide bonds. The summed E-state index contributed by atoms with van der Waals surface area (Å²) in [5.41, 5.74) is 2.60. The molecule has 2 fully saturated rings. The highest BCUT2D eigenvalue weighted by atomic mass is 16.5. The number of anilines is 3. The van der Waals surface area contributed by atoms with Crippen molar-refractivity contribution in [2.45, 2.75) is 25.7 Å². The van der Waals surface area contributed by atoms with Crippen LogP contribution in [0.4, 0.5) is 17.2 Å². The van der Waals surface area contributed by atoms with Gasteiger partial charge in [0.2, 0.25) is 5.91 Å². The van der Waals surface area contributed by atoms with Gasteiger partial charge in [-0.2, -0.15) is 0 Å². The van der Waals surface area contributed by atoms with Crippen LogP contribution in [-0.2, 0) is 4.79 Å². The van der Waals surface area contributed by atoms with Gasteiger partial charge in [0.1, 0.15) is 17.4 Å². The minimum absolute atomic E-state index is 0.0971. The van der Waals surface area contributed by atoms with E-state index in [0.717, 1.165) is 78.7 Å². The summed E-state index contributed by atoms with van der Waals surface area (Å²) in [7, 11) is 4.95. The minimum Gasteiger partial charge on any atom is -0.495 e. The second kappa shape index (κ2) is 9.48. The zero-order valence-corrected chi connectivity index (χ0v) is 20.6. The number of fused-ring (bicyclic) bond motifs is 1. The smallest absolute Gasteiger partial charge is 0.221 e. The lowest BCUT2D eigenvalue weighted by atomic mass is 10.1. The third-order valence-electron chi connectivity index (χ3n) is 6.56. The lowest BCUT2D eigenvalue weighted by Gasteiger charge is -2.37. The minimum atomic E-state index is -0.0971. The normalized spacial score (nSPS) is 15.8. The van der Waals surface area contributed by atoms with E-state index in [0.29, 0.717) is 17.4 Å². The van der Waals surface area contributed by atoms with Gasteiger partial charge in [-0.25, -0.2) is 9.97 Å². The Morgan fingerprint density at radius 2 is 1.54 bits per heavy atom. The molecule has 5 rings (SSSR count). The molecular formula is C26H31N5O4. The van der Waals surface area contributed by atoms with Crippen LogP contribution in [0.5, 0.6) is 17.2 Å². The summed E-state index contributed by atoms with van der Waals surface area (Å²) >= 11 is 0. The Hall–Kier alpha value is -3.75. The molecule has 0 spiro atoms. The highest BCUT2D eigenvalue weighted by Crippen LogP contribution is 2.42. The van der Waals surface area contributed by atoms with Crippen molar-refractivity contribution in [2.75, 3.05) is 62.6 Å². The summed E-state index contributed by atoms with van der Waals surface area (Å²) in [6.07, 6.45) is 2.27. The van der Waals surface area contributed by atoms with E-state index in [4.69, 9.17) is 24.2 Å². The summed E-state index contributed by atoms with van der Waals surface area (Å²) in [6, 6.07) is 9.64. The standard InChI is InChI=1S/C26H31N5O4/c1-16(32)27-18-7-8-22(33-2)21(13-18)30-9-11-31(12-10-30)26-19-14-23(34-3)24(35-4)15-20(19)28-25(29-26)17-5-6-17/h7-8,13-15,17H,5-6,9-12H2,1-4H3,(H,27,32). The summed E-state index contributed by atoms with van der Waals surface area (Å²) in [5.74, 6) is 4.31. The number of hydrogen-bond acceptors (Lipinski definition) is 8. The molecule has 1 aliphatic carbocycles. The molecule has 35 heavy (non-hydrogen) atoms. The molecule has 3 aromatic rings. The molecule has 1 aliphatic heterocycles. The summed E-state index contributed by atoms with van der Waals surface area (Å²) in [4.78, 5) is 26.0. The number of amides is 1. The average molecular weight is 478 g/mol. The molecular weight excluding hydrogens is 446 g/mol. The lowest BCUT2D eigenvalue weighted by molar-refractivity contribution is -0.114. The van der Waals surface area contributed by atoms with Gasteiger partial charge in [-0.1, -0.05) is 0 Å². The van der Waals surface area contributed by atoms with Crippen LogP contribution >= 0.6 is 0 Å². The van der Waals surface area contributed by atoms with Gasteiger partial charge in [-0.3, -0.25) is 4.79 Å². The number of hydrogen-bond donors (Lipinski definition) is 1. The molecule has 9 nitrogen and oxygen atoms in total. The largest absolute Gasteiger partial charge is 0.495 e. The Morgan fingerprint density at radius 1 is 0.886 bits per heavy atom. The van der Waals surface area contributed by atoms with Crippen molar-refractivity contribution in [3.8, 4) is 17.2 Å². The molecule has 1 aromatic heterocycles. The predicted octanol–water partition coefficient (Wildman–Crippen LogP) is 3.82. The number of ether oxygens (including phenoxy) is 3. The highest BCUT2D eigenvalue weighted by molar-refractivity contribution is 5.93. The highest BCUT2D eigenvalue weighted by Gasteiger charge is 2.30. The second-order valence-electron chi connectivity index (χ2n) is 8.95. The first-order valence-electron chi connectivity index (χ1n) is 11.9. The van der Waals surface area contributed by atoms with Crippen molar-refractivity contribution in [3.05, 3.63) is 36.2 Å². The first kappa shape index (κ1) is 23.0. The zero-order chi connectivity index (χ0) is 24.5. The van der Waals surface area contributed by atoms with Crippen molar-refractivity contribution in [1.82, 2.24) is 9.97 Å². The third kappa shape index (κ3) is 4.62. The van der Waals surface area contributed by atoms with Crippen LogP contribution in [0, 0.1) is 0 Å². The zero-order valence-electron chi connectivity index (χ0n) is 20.6. The maximum Gasteiger partial charge on any atom is 0.221 e. The van der Waals surface area contributed by atoms with Crippen LogP contribution in [0.25, 0.3) is 10.9 Å². The van der Waals surface area contributed by atoms with Crippen molar-refractivity contribution in [2.24, 2.45) is 0 Å². The van der Waals surface area contributed by atoms with E-state index in [1.165, 1.54) is 6.92 Å². The fourth-order valence-corrected chi connectivity index (χ4v) is 4.60. The number of piperazine rings is 1. The van der Waals surface area contributed by atoms with Gasteiger partial charge < -0.3 is 29.3 Å². The van der Waals surface area contributed by atoms with Gasteiger partial charge in [-0.15, -0.1) is 0 Å². The maximum absolute atomic E-state index is 11.5. The maximum atomic E-state index is 11.5. The molecule has 0 radical (unpaired) electrons. The second-order valence-corrected chi connectivity index (χ2v) is 8.95. The van der Waals surface area contributed by atoms with E-state index >= 15 is 0 Å². The first-order valence-corrected chi connectivity index (χ1v) is 11.9. The van der Waals surface area contributed by atoms with Gasteiger partial charge in [0.05, 0.1) is 32.5 Å². The first-order chi connectivity index (χ1) is 17.0. The number of benzene rings is 2. The molecule has 184 valence electrons. The third-order valence-corrected chi connectivity index (χ3v) is 6.56.